The fourth-order valence-corrected chi connectivity index (χ4v) is 1.44. The highest BCUT2D eigenvalue weighted by atomic mass is 79.9. The van der Waals surface area contributed by atoms with Gasteiger partial charge in [-0.05, 0) is 34.5 Å². The predicted molar refractivity (Wildman–Crippen MR) is 57.5 cm³/mol. The maximum absolute atomic E-state index is 13.1. The van der Waals surface area contributed by atoms with Crippen molar-refractivity contribution >= 4 is 15.9 Å². The van der Waals surface area contributed by atoms with Crippen LogP contribution in [-0.2, 0) is 6.54 Å². The lowest BCUT2D eigenvalue weighted by Gasteiger charge is -2.11. The molecule has 0 radical (unpaired) electrons. The Labute approximate surface area is 91.3 Å². The van der Waals surface area contributed by atoms with Crippen molar-refractivity contribution in [2.45, 2.75) is 19.5 Å². The zero-order chi connectivity index (χ0) is 10.6. The Morgan fingerprint density at radius 2 is 2.29 bits per heavy atom. The van der Waals surface area contributed by atoms with Gasteiger partial charge in [-0.15, -0.1) is 0 Å². The van der Waals surface area contributed by atoms with Crippen LogP contribution in [-0.4, -0.2) is 17.8 Å². The van der Waals surface area contributed by atoms with Crippen molar-refractivity contribution in [3.63, 3.8) is 0 Å². The molecule has 0 saturated heterocycles. The van der Waals surface area contributed by atoms with Crippen LogP contribution in [0.4, 0.5) is 4.39 Å². The quantitative estimate of drug-likeness (QED) is 0.870. The van der Waals surface area contributed by atoms with Crippen LogP contribution in [0.3, 0.4) is 0 Å². The molecule has 0 fully saturated rings. The van der Waals surface area contributed by atoms with Crippen molar-refractivity contribution in [2.75, 3.05) is 6.61 Å². The van der Waals surface area contributed by atoms with Gasteiger partial charge in [0.1, 0.15) is 5.82 Å². The van der Waals surface area contributed by atoms with Gasteiger partial charge in [0.2, 0.25) is 0 Å². The summed E-state index contributed by atoms with van der Waals surface area (Å²) in [5.41, 5.74) is 0.852. The number of halogens is 2. The van der Waals surface area contributed by atoms with Gasteiger partial charge >= 0.3 is 0 Å². The molecule has 0 aromatic heterocycles. The Kier molecular flexibility index (Phi) is 4.51. The van der Waals surface area contributed by atoms with E-state index >= 15 is 0 Å². The van der Waals surface area contributed by atoms with E-state index in [9.17, 15) is 4.39 Å². The maximum atomic E-state index is 13.1. The van der Waals surface area contributed by atoms with E-state index in [4.69, 9.17) is 5.11 Å². The Bertz CT molecular complexity index is 306. The molecule has 0 heterocycles. The minimum absolute atomic E-state index is 0.0187. The first-order valence-corrected chi connectivity index (χ1v) is 5.21. The van der Waals surface area contributed by atoms with Gasteiger partial charge in [0.05, 0.1) is 11.1 Å². The molecule has 2 N–H and O–H groups in total. The molecule has 0 aliphatic rings. The van der Waals surface area contributed by atoms with Crippen molar-refractivity contribution in [1.82, 2.24) is 5.32 Å². The molecule has 1 atom stereocenters. The third-order valence-corrected chi connectivity index (χ3v) is 2.83. The average Bonchev–Trinajstić information content (AvgIpc) is 2.20. The minimum atomic E-state index is -0.263. The largest absolute Gasteiger partial charge is 0.395 e. The lowest BCUT2D eigenvalue weighted by atomic mass is 10.2. The van der Waals surface area contributed by atoms with E-state index in [1.165, 1.54) is 6.07 Å². The van der Waals surface area contributed by atoms with Crippen LogP contribution in [0.2, 0.25) is 0 Å². The third-order valence-electron chi connectivity index (χ3n) is 1.95. The maximum Gasteiger partial charge on any atom is 0.137 e. The highest BCUT2D eigenvalue weighted by molar-refractivity contribution is 9.10. The number of aliphatic hydroxyl groups excluding tert-OH is 1. The molecule has 14 heavy (non-hydrogen) atoms. The van der Waals surface area contributed by atoms with Crippen LogP contribution < -0.4 is 5.32 Å². The smallest absolute Gasteiger partial charge is 0.137 e. The number of hydrogen-bond acceptors (Lipinski definition) is 2. The first-order chi connectivity index (χ1) is 6.65. The average molecular weight is 262 g/mol. The van der Waals surface area contributed by atoms with Gasteiger partial charge in [0.25, 0.3) is 0 Å². The number of rotatable bonds is 4. The molecular formula is C10H13BrFNO. The molecule has 1 rings (SSSR count). The van der Waals surface area contributed by atoms with E-state index in [-0.39, 0.29) is 18.5 Å². The van der Waals surface area contributed by atoms with Crippen molar-refractivity contribution in [3.05, 3.63) is 34.1 Å². The summed E-state index contributed by atoms with van der Waals surface area (Å²) in [6.45, 7) is 2.49. The SMILES string of the molecule is CC(CO)NCc1cccc(F)c1Br. The van der Waals surface area contributed by atoms with Crippen molar-refractivity contribution in [3.8, 4) is 0 Å². The van der Waals surface area contributed by atoms with Crippen LogP contribution in [0.1, 0.15) is 12.5 Å². The van der Waals surface area contributed by atoms with Gasteiger partial charge in [-0.3, -0.25) is 0 Å². The van der Waals surface area contributed by atoms with E-state index in [0.717, 1.165) is 5.56 Å². The van der Waals surface area contributed by atoms with Crippen LogP contribution in [0.5, 0.6) is 0 Å². The van der Waals surface area contributed by atoms with Crippen LogP contribution >= 0.6 is 15.9 Å². The normalized spacial score (nSPS) is 12.9. The van der Waals surface area contributed by atoms with Gasteiger partial charge in [-0.25, -0.2) is 4.39 Å². The molecule has 1 aromatic carbocycles. The van der Waals surface area contributed by atoms with E-state index in [2.05, 4.69) is 21.2 Å². The van der Waals surface area contributed by atoms with Gasteiger partial charge < -0.3 is 10.4 Å². The fourth-order valence-electron chi connectivity index (χ4n) is 1.03. The van der Waals surface area contributed by atoms with Gasteiger partial charge in [0, 0.05) is 12.6 Å². The molecule has 4 heteroatoms. The summed E-state index contributed by atoms with van der Waals surface area (Å²) in [6, 6.07) is 4.93. The number of aliphatic hydroxyl groups is 1. The van der Waals surface area contributed by atoms with Gasteiger partial charge in [-0.1, -0.05) is 12.1 Å². The van der Waals surface area contributed by atoms with Crippen LogP contribution in [0.25, 0.3) is 0 Å². The Balaban J connectivity index is 2.63. The lowest BCUT2D eigenvalue weighted by Crippen LogP contribution is -2.28. The lowest BCUT2D eigenvalue weighted by molar-refractivity contribution is 0.251. The summed E-state index contributed by atoms with van der Waals surface area (Å²) >= 11 is 3.17. The molecule has 1 aromatic rings. The van der Waals surface area contributed by atoms with Crippen LogP contribution in [0, 0.1) is 5.82 Å². The molecule has 0 aliphatic heterocycles. The molecular weight excluding hydrogens is 249 g/mol. The first-order valence-electron chi connectivity index (χ1n) is 4.42. The number of nitrogens with one attached hydrogen (secondary N) is 1. The summed E-state index contributed by atoms with van der Waals surface area (Å²) in [7, 11) is 0. The molecule has 78 valence electrons. The fraction of sp³-hybridized carbons (Fsp3) is 0.400. The Hall–Kier alpha value is -0.450. The standard InChI is InChI=1S/C10H13BrFNO/c1-7(6-14)13-5-8-3-2-4-9(12)10(8)11/h2-4,7,13-14H,5-6H2,1H3. The van der Waals surface area contributed by atoms with E-state index < -0.39 is 0 Å². The second kappa shape index (κ2) is 5.44. The Morgan fingerprint density at radius 3 is 2.93 bits per heavy atom. The molecule has 0 amide bonds. The summed E-state index contributed by atoms with van der Waals surface area (Å²) < 4.78 is 13.5. The van der Waals surface area contributed by atoms with Gasteiger partial charge in [0.15, 0.2) is 0 Å². The second-order valence-electron chi connectivity index (χ2n) is 3.18. The molecule has 0 spiro atoms. The number of benzene rings is 1. The molecule has 1 unspecified atom stereocenters. The highest BCUT2D eigenvalue weighted by Crippen LogP contribution is 2.20. The summed E-state index contributed by atoms with van der Waals surface area (Å²) in [5.74, 6) is -0.263. The van der Waals surface area contributed by atoms with E-state index in [1.54, 1.807) is 6.07 Å². The monoisotopic (exact) mass is 261 g/mol. The first kappa shape index (κ1) is 11.6. The van der Waals surface area contributed by atoms with E-state index in [1.807, 2.05) is 13.0 Å². The molecule has 2 nitrogen and oxygen atoms in total. The molecule has 0 aliphatic carbocycles. The Morgan fingerprint density at radius 1 is 1.57 bits per heavy atom. The topological polar surface area (TPSA) is 32.3 Å². The van der Waals surface area contributed by atoms with Gasteiger partial charge in [-0.2, -0.15) is 0 Å². The minimum Gasteiger partial charge on any atom is -0.395 e. The summed E-state index contributed by atoms with van der Waals surface area (Å²) in [4.78, 5) is 0. The van der Waals surface area contributed by atoms with Crippen molar-refractivity contribution < 1.29 is 9.50 Å². The molecule has 0 bridgehead atoms. The molecule has 0 saturated carbocycles. The third kappa shape index (κ3) is 3.04. The van der Waals surface area contributed by atoms with Crippen molar-refractivity contribution in [2.24, 2.45) is 0 Å². The second-order valence-corrected chi connectivity index (χ2v) is 3.97. The van der Waals surface area contributed by atoms with Crippen molar-refractivity contribution in [1.29, 1.82) is 0 Å². The highest BCUT2D eigenvalue weighted by Gasteiger charge is 2.05. The summed E-state index contributed by atoms with van der Waals surface area (Å²) in [6.07, 6.45) is 0. The number of hydrogen-bond donors (Lipinski definition) is 2. The van der Waals surface area contributed by atoms with E-state index in [0.29, 0.717) is 11.0 Å². The zero-order valence-electron chi connectivity index (χ0n) is 7.93. The zero-order valence-corrected chi connectivity index (χ0v) is 9.51. The predicted octanol–water partition coefficient (Wildman–Crippen LogP) is 2.06. The van der Waals surface area contributed by atoms with Crippen LogP contribution in [0.15, 0.2) is 22.7 Å². The summed E-state index contributed by atoms with van der Waals surface area (Å²) in [5, 5.41) is 11.9.